The summed E-state index contributed by atoms with van der Waals surface area (Å²) in [6, 6.07) is 1.68. The molecule has 0 aromatic carbocycles. The number of aromatic nitrogens is 2. The van der Waals surface area contributed by atoms with Crippen LogP contribution in [0.2, 0.25) is 0 Å². The third-order valence-electron chi connectivity index (χ3n) is 2.49. The average Bonchev–Trinajstić information content (AvgIpc) is 2.30. The Bertz CT molecular complexity index is 565. The van der Waals surface area contributed by atoms with Crippen molar-refractivity contribution >= 4 is 0 Å². The molecule has 1 aromatic rings. The Kier molecular flexibility index (Phi) is 4.42. The summed E-state index contributed by atoms with van der Waals surface area (Å²) in [4.78, 5) is 24.7. The van der Waals surface area contributed by atoms with Gasteiger partial charge in [0.15, 0.2) is 0 Å². The zero-order valence-electron chi connectivity index (χ0n) is 10.3. The van der Waals surface area contributed by atoms with E-state index in [2.05, 4.69) is 0 Å². The smallest absolute Gasteiger partial charge is 0.328 e. The molecule has 1 heterocycles. The topological polar surface area (TPSA) is 108 Å². The number of aliphatic hydroxyl groups is 1. The van der Waals surface area contributed by atoms with Gasteiger partial charge in [-0.1, -0.05) is 0 Å². The number of hydrogen-bond acceptors (Lipinski definition) is 5. The maximum Gasteiger partial charge on any atom is 0.328 e. The van der Waals surface area contributed by atoms with E-state index >= 15 is 0 Å². The van der Waals surface area contributed by atoms with Gasteiger partial charge < -0.3 is 9.84 Å². The molecule has 0 bridgehead atoms. The maximum atomic E-state index is 11.5. The van der Waals surface area contributed by atoms with Gasteiger partial charge >= 0.3 is 5.69 Å². The van der Waals surface area contributed by atoms with Gasteiger partial charge in [0, 0.05) is 26.3 Å². The Morgan fingerprint density at radius 1 is 1.61 bits per heavy atom. The van der Waals surface area contributed by atoms with Gasteiger partial charge in [0.05, 0.1) is 12.1 Å². The molecule has 0 amide bonds. The second-order valence-corrected chi connectivity index (χ2v) is 4.28. The second-order valence-electron chi connectivity index (χ2n) is 4.28. The molecular weight excluding hydrogens is 238 g/mol. The minimum atomic E-state index is -1.16. The van der Waals surface area contributed by atoms with E-state index in [1.165, 1.54) is 7.11 Å². The predicted octanol–water partition coefficient (Wildman–Crippen LogP) is -0.804. The molecule has 2 N–H and O–H groups in total. The van der Waals surface area contributed by atoms with E-state index in [-0.39, 0.29) is 12.1 Å². The first-order chi connectivity index (χ1) is 8.39. The SMILES string of the molecule is COCCC(C)(O)Cn1cc(C#N)c(=O)[nH]c1=O. The summed E-state index contributed by atoms with van der Waals surface area (Å²) in [5.74, 6) is 0. The Balaban J connectivity index is 3.02. The molecule has 18 heavy (non-hydrogen) atoms. The number of nitrogens with one attached hydrogen (secondary N) is 1. The zero-order valence-corrected chi connectivity index (χ0v) is 10.3. The Labute approximate surface area is 103 Å². The summed E-state index contributed by atoms with van der Waals surface area (Å²) in [7, 11) is 1.51. The molecular formula is C11H15N3O4. The molecule has 1 unspecified atom stereocenters. The van der Waals surface area contributed by atoms with Crippen molar-refractivity contribution in [2.24, 2.45) is 0 Å². The van der Waals surface area contributed by atoms with Gasteiger partial charge in [-0.2, -0.15) is 5.26 Å². The summed E-state index contributed by atoms with van der Waals surface area (Å²) >= 11 is 0. The van der Waals surface area contributed by atoms with Crippen molar-refractivity contribution < 1.29 is 9.84 Å². The van der Waals surface area contributed by atoms with Gasteiger partial charge in [-0.3, -0.25) is 14.3 Å². The highest BCUT2D eigenvalue weighted by molar-refractivity contribution is 5.21. The molecule has 98 valence electrons. The molecule has 0 aliphatic carbocycles. The first-order valence-corrected chi connectivity index (χ1v) is 5.35. The lowest BCUT2D eigenvalue weighted by Gasteiger charge is -2.23. The van der Waals surface area contributed by atoms with Gasteiger partial charge in [0.1, 0.15) is 11.6 Å². The molecule has 0 aliphatic rings. The lowest BCUT2D eigenvalue weighted by molar-refractivity contribution is 0.00895. The Morgan fingerprint density at radius 2 is 2.28 bits per heavy atom. The number of aromatic amines is 1. The van der Waals surface area contributed by atoms with Gasteiger partial charge in [-0.25, -0.2) is 4.79 Å². The lowest BCUT2D eigenvalue weighted by Crippen LogP contribution is -2.39. The van der Waals surface area contributed by atoms with Gasteiger partial charge in [0.2, 0.25) is 0 Å². The fraction of sp³-hybridized carbons (Fsp3) is 0.545. The van der Waals surface area contributed by atoms with Crippen LogP contribution < -0.4 is 11.2 Å². The molecule has 1 atom stereocenters. The number of nitriles is 1. The zero-order chi connectivity index (χ0) is 13.8. The summed E-state index contributed by atoms with van der Waals surface area (Å²) < 4.78 is 5.96. The molecule has 7 heteroatoms. The van der Waals surface area contributed by atoms with Crippen molar-refractivity contribution in [1.29, 1.82) is 5.26 Å². The normalized spacial score (nSPS) is 13.9. The van der Waals surface area contributed by atoms with Crippen LogP contribution in [0, 0.1) is 11.3 Å². The average molecular weight is 253 g/mol. The van der Waals surface area contributed by atoms with Gasteiger partial charge in [-0.05, 0) is 6.92 Å². The van der Waals surface area contributed by atoms with Crippen LogP contribution in [0.15, 0.2) is 15.8 Å². The van der Waals surface area contributed by atoms with Crippen LogP contribution in [0.1, 0.15) is 18.9 Å². The van der Waals surface area contributed by atoms with Crippen molar-refractivity contribution in [2.45, 2.75) is 25.5 Å². The van der Waals surface area contributed by atoms with Crippen LogP contribution in [0.5, 0.6) is 0 Å². The Hall–Kier alpha value is -1.91. The van der Waals surface area contributed by atoms with E-state index in [9.17, 15) is 14.7 Å². The molecule has 0 spiro atoms. The lowest BCUT2D eigenvalue weighted by atomic mass is 10.0. The fourth-order valence-corrected chi connectivity index (χ4v) is 1.47. The minimum Gasteiger partial charge on any atom is -0.388 e. The minimum absolute atomic E-state index is 0.0271. The van der Waals surface area contributed by atoms with E-state index in [1.54, 1.807) is 13.0 Å². The quantitative estimate of drug-likeness (QED) is 0.714. The third kappa shape index (κ3) is 3.55. The number of ether oxygens (including phenoxy) is 1. The van der Waals surface area contributed by atoms with Crippen LogP contribution in [-0.4, -0.2) is 34.0 Å². The number of rotatable bonds is 5. The van der Waals surface area contributed by atoms with E-state index in [4.69, 9.17) is 10.00 Å². The number of hydrogen-bond donors (Lipinski definition) is 2. The number of methoxy groups -OCH3 is 1. The summed E-state index contributed by atoms with van der Waals surface area (Å²) in [5, 5.41) is 18.7. The van der Waals surface area contributed by atoms with E-state index in [0.29, 0.717) is 13.0 Å². The largest absolute Gasteiger partial charge is 0.388 e. The third-order valence-corrected chi connectivity index (χ3v) is 2.49. The molecule has 0 radical (unpaired) electrons. The Morgan fingerprint density at radius 3 is 2.83 bits per heavy atom. The molecule has 1 rings (SSSR count). The van der Waals surface area contributed by atoms with Gasteiger partial charge in [0.25, 0.3) is 5.56 Å². The van der Waals surface area contributed by atoms with E-state index in [1.807, 2.05) is 4.98 Å². The summed E-state index contributed by atoms with van der Waals surface area (Å²) in [6.07, 6.45) is 1.47. The highest BCUT2D eigenvalue weighted by Gasteiger charge is 2.21. The molecule has 1 aromatic heterocycles. The van der Waals surface area contributed by atoms with Crippen LogP contribution in [-0.2, 0) is 11.3 Å². The van der Waals surface area contributed by atoms with Crippen LogP contribution in [0.25, 0.3) is 0 Å². The highest BCUT2D eigenvalue weighted by atomic mass is 16.5. The molecule has 7 nitrogen and oxygen atoms in total. The van der Waals surface area contributed by atoms with Gasteiger partial charge in [-0.15, -0.1) is 0 Å². The van der Waals surface area contributed by atoms with Crippen LogP contribution >= 0.6 is 0 Å². The molecule has 0 aliphatic heterocycles. The van der Waals surface area contributed by atoms with Crippen molar-refractivity contribution in [3.05, 3.63) is 32.6 Å². The second kappa shape index (κ2) is 5.62. The number of nitrogens with zero attached hydrogens (tertiary/aromatic N) is 2. The highest BCUT2D eigenvalue weighted by Crippen LogP contribution is 2.11. The van der Waals surface area contributed by atoms with Crippen molar-refractivity contribution in [3.8, 4) is 6.07 Å². The predicted molar refractivity (Wildman–Crippen MR) is 63.2 cm³/mol. The maximum absolute atomic E-state index is 11.5. The van der Waals surface area contributed by atoms with Crippen molar-refractivity contribution in [3.63, 3.8) is 0 Å². The van der Waals surface area contributed by atoms with E-state index in [0.717, 1.165) is 10.8 Å². The van der Waals surface area contributed by atoms with Crippen LogP contribution in [0.4, 0.5) is 0 Å². The van der Waals surface area contributed by atoms with Crippen molar-refractivity contribution in [2.75, 3.05) is 13.7 Å². The molecule has 0 fully saturated rings. The first kappa shape index (κ1) is 14.2. The summed E-state index contributed by atoms with van der Waals surface area (Å²) in [5.41, 5.74) is -2.71. The van der Waals surface area contributed by atoms with Crippen LogP contribution in [0.3, 0.4) is 0 Å². The molecule has 0 saturated carbocycles. The van der Waals surface area contributed by atoms with E-state index < -0.39 is 16.9 Å². The first-order valence-electron chi connectivity index (χ1n) is 5.35. The van der Waals surface area contributed by atoms with Crippen molar-refractivity contribution in [1.82, 2.24) is 9.55 Å². The summed E-state index contributed by atoms with van der Waals surface area (Å²) in [6.45, 7) is 1.87. The number of H-pyrrole nitrogens is 1. The fourth-order valence-electron chi connectivity index (χ4n) is 1.47. The monoisotopic (exact) mass is 253 g/mol. The molecule has 0 saturated heterocycles. The standard InChI is InChI=1S/C11H15N3O4/c1-11(17,3-4-18-2)7-14-6-8(5-12)9(15)13-10(14)16/h6,17H,3-4,7H2,1-2H3,(H,13,15,16).